The summed E-state index contributed by atoms with van der Waals surface area (Å²) in [7, 11) is 0. The molecule has 1 saturated heterocycles. The Labute approximate surface area is 106 Å². The molecule has 1 N–H and O–H groups in total. The van der Waals surface area contributed by atoms with Crippen molar-refractivity contribution in [3.8, 4) is 0 Å². The Morgan fingerprint density at radius 3 is 2.89 bits per heavy atom. The number of carboxylic acids is 1. The van der Waals surface area contributed by atoms with Crippen LogP contribution in [0.1, 0.15) is 30.4 Å². The lowest BCUT2D eigenvalue weighted by atomic mass is 10.0. The highest BCUT2D eigenvalue weighted by Crippen LogP contribution is 2.20. The van der Waals surface area contributed by atoms with Crippen LogP contribution in [0.15, 0.2) is 18.2 Å². The molecule has 1 heterocycles. The molecule has 1 aliphatic heterocycles. The molecule has 1 aromatic carbocycles. The fourth-order valence-electron chi connectivity index (χ4n) is 2.60. The first-order valence-corrected chi connectivity index (χ1v) is 6.29. The Bertz CT molecular complexity index is 427. The van der Waals surface area contributed by atoms with Gasteiger partial charge in [-0.15, -0.1) is 0 Å². The third kappa shape index (κ3) is 3.07. The number of halogens is 1. The van der Waals surface area contributed by atoms with Crippen molar-refractivity contribution in [3.05, 3.63) is 35.1 Å². The summed E-state index contributed by atoms with van der Waals surface area (Å²) in [5.41, 5.74) is 1.72. The fraction of sp³-hybridized carbons (Fsp3) is 0.500. The third-order valence-corrected chi connectivity index (χ3v) is 3.39. The lowest BCUT2D eigenvalue weighted by molar-refractivity contribution is -0.144. The largest absolute Gasteiger partial charge is 0.480 e. The summed E-state index contributed by atoms with van der Waals surface area (Å²) >= 11 is 0. The Kier molecular flexibility index (Phi) is 3.97. The highest BCUT2D eigenvalue weighted by atomic mass is 19.1. The van der Waals surface area contributed by atoms with E-state index in [0.29, 0.717) is 13.0 Å². The summed E-state index contributed by atoms with van der Waals surface area (Å²) in [6, 6.07) is 4.45. The lowest BCUT2D eigenvalue weighted by Crippen LogP contribution is -2.44. The predicted octanol–water partition coefficient (Wildman–Crippen LogP) is 2.57. The number of benzene rings is 1. The van der Waals surface area contributed by atoms with Gasteiger partial charge in [0, 0.05) is 6.54 Å². The summed E-state index contributed by atoms with van der Waals surface area (Å²) in [5, 5.41) is 9.18. The van der Waals surface area contributed by atoms with Gasteiger partial charge in [-0.2, -0.15) is 0 Å². The zero-order chi connectivity index (χ0) is 13.1. The molecule has 1 fully saturated rings. The van der Waals surface area contributed by atoms with Gasteiger partial charge in [-0.3, -0.25) is 9.69 Å². The van der Waals surface area contributed by atoms with E-state index in [4.69, 9.17) is 0 Å². The minimum atomic E-state index is -0.775. The van der Waals surface area contributed by atoms with E-state index in [1.165, 1.54) is 12.1 Å². The first-order valence-electron chi connectivity index (χ1n) is 6.29. The van der Waals surface area contributed by atoms with Crippen molar-refractivity contribution in [3.63, 3.8) is 0 Å². The number of rotatable bonds is 3. The molecule has 1 aliphatic rings. The molecule has 0 spiro atoms. The standard InChI is InChI=1S/C14H18FNO2/c1-10-6-11(8-12(15)7-10)9-16-5-3-2-4-13(16)14(17)18/h6-8,13H,2-5,9H2,1H3,(H,17,18). The Balaban J connectivity index is 2.13. The van der Waals surface area contributed by atoms with Crippen molar-refractivity contribution < 1.29 is 14.3 Å². The molecule has 4 heteroatoms. The SMILES string of the molecule is Cc1cc(F)cc(CN2CCCCC2C(=O)O)c1. The number of hydrogen-bond donors (Lipinski definition) is 1. The van der Waals surface area contributed by atoms with Gasteiger partial charge in [0.15, 0.2) is 0 Å². The molecular formula is C14H18FNO2. The average Bonchev–Trinajstić information content (AvgIpc) is 2.27. The van der Waals surface area contributed by atoms with Gasteiger partial charge in [0.2, 0.25) is 0 Å². The van der Waals surface area contributed by atoms with Crippen molar-refractivity contribution in [2.75, 3.05) is 6.54 Å². The second-order valence-electron chi connectivity index (χ2n) is 4.96. The fourth-order valence-corrected chi connectivity index (χ4v) is 2.60. The van der Waals surface area contributed by atoms with Crippen LogP contribution in [0.2, 0.25) is 0 Å². The molecule has 0 saturated carbocycles. The maximum atomic E-state index is 13.3. The van der Waals surface area contributed by atoms with Crippen molar-refractivity contribution in [1.29, 1.82) is 0 Å². The predicted molar refractivity (Wildman–Crippen MR) is 66.8 cm³/mol. The Morgan fingerprint density at radius 1 is 1.44 bits per heavy atom. The summed E-state index contributed by atoms with van der Waals surface area (Å²) in [6.07, 6.45) is 2.65. The van der Waals surface area contributed by atoms with Gasteiger partial charge < -0.3 is 5.11 Å². The van der Waals surface area contributed by atoms with Crippen molar-refractivity contribution >= 4 is 5.97 Å². The van der Waals surface area contributed by atoms with E-state index in [1.54, 1.807) is 0 Å². The van der Waals surface area contributed by atoms with E-state index in [0.717, 1.165) is 30.5 Å². The maximum Gasteiger partial charge on any atom is 0.320 e. The second kappa shape index (κ2) is 5.48. The number of hydrogen-bond acceptors (Lipinski definition) is 2. The highest BCUT2D eigenvalue weighted by Gasteiger charge is 2.28. The molecule has 0 aromatic heterocycles. The van der Waals surface area contributed by atoms with Crippen LogP contribution >= 0.6 is 0 Å². The second-order valence-corrected chi connectivity index (χ2v) is 4.96. The van der Waals surface area contributed by atoms with E-state index < -0.39 is 12.0 Å². The van der Waals surface area contributed by atoms with Crippen molar-refractivity contribution in [1.82, 2.24) is 4.90 Å². The van der Waals surface area contributed by atoms with Crippen LogP contribution in [0.4, 0.5) is 4.39 Å². The number of carbonyl (C=O) groups is 1. The lowest BCUT2D eigenvalue weighted by Gasteiger charge is -2.32. The number of piperidine rings is 1. The van der Waals surface area contributed by atoms with Gasteiger partial charge in [-0.25, -0.2) is 4.39 Å². The summed E-state index contributed by atoms with van der Waals surface area (Å²) in [4.78, 5) is 13.1. The van der Waals surface area contributed by atoms with Crippen LogP contribution in [0.5, 0.6) is 0 Å². The molecule has 98 valence electrons. The monoisotopic (exact) mass is 251 g/mol. The molecule has 18 heavy (non-hydrogen) atoms. The minimum absolute atomic E-state index is 0.256. The molecule has 1 aromatic rings. The summed E-state index contributed by atoms with van der Waals surface area (Å²) in [6.45, 7) is 3.12. The first kappa shape index (κ1) is 13.0. The quantitative estimate of drug-likeness (QED) is 0.897. The summed E-state index contributed by atoms with van der Waals surface area (Å²) in [5.74, 6) is -1.03. The molecule has 0 bridgehead atoms. The van der Waals surface area contributed by atoms with Gasteiger partial charge in [-0.1, -0.05) is 12.5 Å². The number of likely N-dealkylation sites (tertiary alicyclic amines) is 1. The molecule has 0 radical (unpaired) electrons. The van der Waals surface area contributed by atoms with E-state index in [2.05, 4.69) is 0 Å². The maximum absolute atomic E-state index is 13.3. The van der Waals surface area contributed by atoms with Crippen LogP contribution in [0.3, 0.4) is 0 Å². The number of aliphatic carboxylic acids is 1. The number of aryl methyl sites for hydroxylation is 1. The number of carboxylic acid groups (broad SMARTS) is 1. The van der Waals surface area contributed by atoms with E-state index in [1.807, 2.05) is 17.9 Å². The van der Waals surface area contributed by atoms with Gasteiger partial charge in [0.25, 0.3) is 0 Å². The first-order chi connectivity index (χ1) is 8.56. The van der Waals surface area contributed by atoms with Gasteiger partial charge >= 0.3 is 5.97 Å². The summed E-state index contributed by atoms with van der Waals surface area (Å²) < 4.78 is 13.3. The van der Waals surface area contributed by atoms with Crippen molar-refractivity contribution in [2.24, 2.45) is 0 Å². The van der Waals surface area contributed by atoms with Crippen LogP contribution < -0.4 is 0 Å². The van der Waals surface area contributed by atoms with Gasteiger partial charge in [0.1, 0.15) is 11.9 Å². The Hall–Kier alpha value is -1.42. The zero-order valence-corrected chi connectivity index (χ0v) is 10.5. The van der Waals surface area contributed by atoms with Crippen LogP contribution in [-0.2, 0) is 11.3 Å². The van der Waals surface area contributed by atoms with Crippen LogP contribution in [-0.4, -0.2) is 28.6 Å². The van der Waals surface area contributed by atoms with E-state index in [9.17, 15) is 14.3 Å². The zero-order valence-electron chi connectivity index (χ0n) is 10.5. The normalized spacial score (nSPS) is 20.9. The topological polar surface area (TPSA) is 40.5 Å². The van der Waals surface area contributed by atoms with Crippen molar-refractivity contribution in [2.45, 2.75) is 38.8 Å². The Morgan fingerprint density at radius 2 is 2.22 bits per heavy atom. The smallest absolute Gasteiger partial charge is 0.320 e. The van der Waals surface area contributed by atoms with Crippen LogP contribution in [0.25, 0.3) is 0 Å². The molecule has 3 nitrogen and oxygen atoms in total. The molecule has 0 aliphatic carbocycles. The average molecular weight is 251 g/mol. The minimum Gasteiger partial charge on any atom is -0.480 e. The van der Waals surface area contributed by atoms with Gasteiger partial charge in [-0.05, 0) is 49.6 Å². The molecule has 2 rings (SSSR count). The van der Waals surface area contributed by atoms with E-state index in [-0.39, 0.29) is 5.82 Å². The molecule has 1 unspecified atom stereocenters. The van der Waals surface area contributed by atoms with E-state index >= 15 is 0 Å². The van der Waals surface area contributed by atoms with Crippen LogP contribution in [0, 0.1) is 12.7 Å². The van der Waals surface area contributed by atoms with Gasteiger partial charge in [0.05, 0.1) is 0 Å². The highest BCUT2D eigenvalue weighted by molar-refractivity contribution is 5.73. The molecule has 1 atom stereocenters. The third-order valence-electron chi connectivity index (χ3n) is 3.39. The molecule has 0 amide bonds. The number of nitrogens with zero attached hydrogens (tertiary/aromatic N) is 1. The molecular weight excluding hydrogens is 233 g/mol.